The molecule has 0 bridgehead atoms. The first-order chi connectivity index (χ1) is 21.6. The summed E-state index contributed by atoms with van der Waals surface area (Å²) >= 11 is 0. The van der Waals surface area contributed by atoms with Crippen LogP contribution in [0.1, 0.15) is 75.2 Å². The fraction of sp³-hybridized carbons (Fsp3) is 0.209. The zero-order valence-electron chi connectivity index (χ0n) is 27.3. The van der Waals surface area contributed by atoms with E-state index in [2.05, 4.69) is 139 Å². The topological polar surface area (TPSA) is 25.8 Å². The van der Waals surface area contributed by atoms with Crippen molar-refractivity contribution in [3.8, 4) is 33.6 Å². The Morgan fingerprint density at radius 2 is 0.935 bits per heavy atom. The van der Waals surface area contributed by atoms with E-state index in [-0.39, 0.29) is 31.9 Å². The summed E-state index contributed by atoms with van der Waals surface area (Å²) < 4.78 is 0. The molecule has 0 saturated heterocycles. The number of hydrogen-bond donors (Lipinski definition) is 0. The second kappa shape index (κ2) is 11.9. The number of pyridine rings is 2. The molecular weight excluding hydrogens is 740 g/mol. The molecule has 0 amide bonds. The van der Waals surface area contributed by atoms with Gasteiger partial charge < -0.3 is 0 Å². The molecule has 0 fully saturated rings. The maximum Gasteiger partial charge on any atom is 2.00 e. The first kappa shape index (κ1) is 31.8. The quantitative estimate of drug-likeness (QED) is 0.166. The number of benzene rings is 4. The van der Waals surface area contributed by atoms with Crippen molar-refractivity contribution in [3.05, 3.63) is 167 Å². The van der Waals surface area contributed by atoms with Gasteiger partial charge in [0.05, 0.1) is 11.4 Å². The molecule has 0 saturated carbocycles. The average molecular weight is 778 g/mol. The van der Waals surface area contributed by atoms with Crippen LogP contribution in [-0.4, -0.2) is 9.97 Å². The summed E-state index contributed by atoms with van der Waals surface area (Å²) in [5.41, 5.74) is 12.3. The van der Waals surface area contributed by atoms with E-state index in [0.717, 1.165) is 33.9 Å². The van der Waals surface area contributed by atoms with Gasteiger partial charge in [-0.15, -0.1) is 71.8 Å². The molecule has 0 radical (unpaired) electrons. The van der Waals surface area contributed by atoms with Gasteiger partial charge in [0.2, 0.25) is 0 Å². The van der Waals surface area contributed by atoms with Gasteiger partial charge in [0.1, 0.15) is 5.41 Å². The van der Waals surface area contributed by atoms with Crippen molar-refractivity contribution < 1.29 is 21.1 Å². The van der Waals surface area contributed by atoms with Crippen LogP contribution in [0.3, 0.4) is 0 Å². The van der Waals surface area contributed by atoms with Gasteiger partial charge in [-0.3, -0.25) is 9.97 Å². The summed E-state index contributed by atoms with van der Waals surface area (Å²) in [6.07, 6.45) is 0. The molecule has 2 heterocycles. The Morgan fingerprint density at radius 3 is 1.30 bits per heavy atom. The van der Waals surface area contributed by atoms with Crippen molar-refractivity contribution in [2.24, 2.45) is 0 Å². The molecule has 6 aromatic rings. The summed E-state index contributed by atoms with van der Waals surface area (Å²) in [6.45, 7) is 13.7. The molecule has 2 aromatic heterocycles. The van der Waals surface area contributed by atoms with Crippen molar-refractivity contribution in [2.45, 2.75) is 57.8 Å². The summed E-state index contributed by atoms with van der Waals surface area (Å²) in [4.78, 5) is 11.0. The standard InChI is InChI=1S/C43H38N2.Pt/c1-41(2,3)31-23-25-33-34-26-24-32(42(4,5)6)28-36(34)43(35(33)27-31,39-21-13-19-37(44-39)29-15-9-7-10-16-29)40-22-14-20-38(45-40)30-17-11-8-12-18-30;/h7-15,17,19-28H,1-6H3;/q-2;+2. The summed E-state index contributed by atoms with van der Waals surface area (Å²) in [6, 6.07) is 49.8. The molecular formula is C43H38N2Pt. The third kappa shape index (κ3) is 5.37. The molecule has 1 aliphatic rings. The van der Waals surface area contributed by atoms with Crippen molar-refractivity contribution in [2.75, 3.05) is 0 Å². The molecule has 0 aliphatic heterocycles. The first-order valence-corrected chi connectivity index (χ1v) is 15.8. The monoisotopic (exact) mass is 777 g/mol. The summed E-state index contributed by atoms with van der Waals surface area (Å²) in [7, 11) is 0. The molecule has 2 nitrogen and oxygen atoms in total. The van der Waals surface area contributed by atoms with Gasteiger partial charge in [0.25, 0.3) is 0 Å². The smallest absolute Gasteiger partial charge is 0.300 e. The van der Waals surface area contributed by atoms with Gasteiger partial charge in [-0.25, -0.2) is 0 Å². The average Bonchev–Trinajstić information content (AvgIpc) is 3.35. The van der Waals surface area contributed by atoms with Gasteiger partial charge in [-0.1, -0.05) is 102 Å². The molecule has 230 valence electrons. The normalized spacial score (nSPS) is 13.4. The first-order valence-electron chi connectivity index (χ1n) is 15.8. The van der Waals surface area contributed by atoms with Gasteiger partial charge in [0, 0.05) is 0 Å². The maximum atomic E-state index is 5.48. The molecule has 1 aliphatic carbocycles. The Labute approximate surface area is 288 Å². The number of hydrogen-bond acceptors (Lipinski definition) is 2. The second-order valence-electron chi connectivity index (χ2n) is 14.1. The van der Waals surface area contributed by atoms with Gasteiger partial charge >= 0.3 is 21.1 Å². The van der Waals surface area contributed by atoms with Crippen LogP contribution in [0.4, 0.5) is 0 Å². The molecule has 46 heavy (non-hydrogen) atoms. The SMILES string of the molecule is CC(C)(C)c1ccc2c(c1)C(c1cccc(-c3[c-]cccc3)n1)(c1cccc(-c3[c-]cccc3)n1)c1cc(C(C)(C)C)ccc1-2.[Pt+2]. The fourth-order valence-electron chi connectivity index (χ4n) is 6.63. The maximum absolute atomic E-state index is 5.48. The third-order valence-electron chi connectivity index (χ3n) is 9.11. The summed E-state index contributed by atoms with van der Waals surface area (Å²) in [5, 5.41) is 0. The van der Waals surface area contributed by atoms with E-state index in [1.165, 1.54) is 33.4 Å². The predicted octanol–water partition coefficient (Wildman–Crippen LogP) is 10.4. The number of aromatic nitrogens is 2. The van der Waals surface area contributed by atoms with Crippen molar-refractivity contribution >= 4 is 0 Å². The number of nitrogens with zero attached hydrogens (tertiary/aromatic N) is 2. The van der Waals surface area contributed by atoms with E-state index >= 15 is 0 Å². The summed E-state index contributed by atoms with van der Waals surface area (Å²) in [5.74, 6) is 0. The van der Waals surface area contributed by atoms with Crippen molar-refractivity contribution in [1.82, 2.24) is 9.97 Å². The van der Waals surface area contributed by atoms with Crippen molar-refractivity contribution in [3.63, 3.8) is 0 Å². The third-order valence-corrected chi connectivity index (χ3v) is 9.11. The van der Waals surface area contributed by atoms with E-state index in [1.54, 1.807) is 0 Å². The van der Waals surface area contributed by atoms with Crippen LogP contribution >= 0.6 is 0 Å². The number of fused-ring (bicyclic) bond motifs is 3. The zero-order valence-corrected chi connectivity index (χ0v) is 29.5. The molecule has 0 spiro atoms. The van der Waals surface area contributed by atoms with E-state index in [4.69, 9.17) is 9.97 Å². The molecule has 4 aromatic carbocycles. The van der Waals surface area contributed by atoms with Crippen LogP contribution in [-0.2, 0) is 37.3 Å². The Kier molecular flexibility index (Phi) is 8.24. The van der Waals surface area contributed by atoms with E-state index in [9.17, 15) is 0 Å². The van der Waals surface area contributed by atoms with Gasteiger partial charge in [-0.05, 0) is 67.7 Å². The molecule has 0 N–H and O–H groups in total. The number of rotatable bonds is 4. The molecule has 3 heteroatoms. The second-order valence-corrected chi connectivity index (χ2v) is 14.1. The minimum Gasteiger partial charge on any atom is -0.300 e. The fourth-order valence-corrected chi connectivity index (χ4v) is 6.63. The Bertz CT molecular complexity index is 1870. The minimum atomic E-state index is -0.747. The van der Waals surface area contributed by atoms with E-state index in [1.807, 2.05) is 36.4 Å². The van der Waals surface area contributed by atoms with Gasteiger partial charge in [0.15, 0.2) is 0 Å². The molecule has 0 unspecified atom stereocenters. The largest absolute Gasteiger partial charge is 2.00 e. The Balaban J connectivity index is 0.00000372. The van der Waals surface area contributed by atoms with Gasteiger partial charge in [-0.2, -0.15) is 0 Å². The minimum absolute atomic E-state index is 0. The van der Waals surface area contributed by atoms with Crippen LogP contribution in [0.5, 0.6) is 0 Å². The molecule has 7 rings (SSSR count). The van der Waals surface area contributed by atoms with E-state index < -0.39 is 5.41 Å². The Morgan fingerprint density at radius 1 is 0.500 bits per heavy atom. The van der Waals surface area contributed by atoms with Crippen LogP contribution in [0.15, 0.2) is 121 Å². The van der Waals surface area contributed by atoms with Crippen LogP contribution in [0, 0.1) is 12.1 Å². The van der Waals surface area contributed by atoms with Crippen LogP contribution in [0.25, 0.3) is 33.6 Å². The van der Waals surface area contributed by atoms with Crippen molar-refractivity contribution in [1.29, 1.82) is 0 Å². The Hall–Kier alpha value is -4.13. The zero-order chi connectivity index (χ0) is 31.4. The molecule has 0 atom stereocenters. The van der Waals surface area contributed by atoms with Crippen LogP contribution in [0.2, 0.25) is 0 Å². The predicted molar refractivity (Wildman–Crippen MR) is 185 cm³/mol. The van der Waals surface area contributed by atoms with E-state index in [0.29, 0.717) is 0 Å². The van der Waals surface area contributed by atoms with Crippen LogP contribution < -0.4 is 0 Å².